The Hall–Kier alpha value is -0.530. The summed E-state index contributed by atoms with van der Waals surface area (Å²) in [4.78, 5) is 0. The standard InChI is InChI=1S/C15H21ClO/c1-11-10-13(8-9-14(11)16)15(17)12-6-4-2-3-5-7-12/h8-10,12,15,17H,2-7H2,1H3. The third kappa shape index (κ3) is 3.23. The topological polar surface area (TPSA) is 20.2 Å². The van der Waals surface area contributed by atoms with Crippen molar-refractivity contribution in [1.29, 1.82) is 0 Å². The van der Waals surface area contributed by atoms with Gasteiger partial charge in [0.25, 0.3) is 0 Å². The van der Waals surface area contributed by atoms with Crippen LogP contribution in [0, 0.1) is 12.8 Å². The Balaban J connectivity index is 2.11. The van der Waals surface area contributed by atoms with Gasteiger partial charge in [0, 0.05) is 5.02 Å². The van der Waals surface area contributed by atoms with Gasteiger partial charge < -0.3 is 5.11 Å². The molecule has 0 saturated heterocycles. The predicted octanol–water partition coefficient (Wildman–Crippen LogP) is 4.65. The van der Waals surface area contributed by atoms with Gasteiger partial charge in [0.05, 0.1) is 6.10 Å². The Morgan fingerprint density at radius 2 is 1.82 bits per heavy atom. The molecule has 0 spiro atoms. The van der Waals surface area contributed by atoms with Crippen LogP contribution in [0.2, 0.25) is 5.02 Å². The molecular weight excluding hydrogens is 232 g/mol. The van der Waals surface area contributed by atoms with Gasteiger partial charge in [0.1, 0.15) is 0 Å². The summed E-state index contributed by atoms with van der Waals surface area (Å²) in [5.74, 6) is 0.429. The Morgan fingerprint density at radius 1 is 1.18 bits per heavy atom. The molecule has 1 aliphatic carbocycles. The highest BCUT2D eigenvalue weighted by molar-refractivity contribution is 6.31. The molecule has 1 aromatic carbocycles. The van der Waals surface area contributed by atoms with Crippen LogP contribution in [-0.2, 0) is 0 Å². The first-order chi connectivity index (χ1) is 8.18. The van der Waals surface area contributed by atoms with E-state index >= 15 is 0 Å². The quantitative estimate of drug-likeness (QED) is 0.760. The third-order valence-electron chi connectivity index (χ3n) is 3.87. The molecule has 17 heavy (non-hydrogen) atoms. The van der Waals surface area contributed by atoms with Crippen LogP contribution >= 0.6 is 11.6 Å². The molecule has 1 saturated carbocycles. The van der Waals surface area contributed by atoms with E-state index in [0.717, 1.165) is 29.0 Å². The number of hydrogen-bond acceptors (Lipinski definition) is 1. The van der Waals surface area contributed by atoms with E-state index < -0.39 is 0 Å². The van der Waals surface area contributed by atoms with E-state index in [4.69, 9.17) is 11.6 Å². The second-order valence-electron chi connectivity index (χ2n) is 5.21. The molecule has 1 fully saturated rings. The molecule has 1 aliphatic rings. The number of aliphatic hydroxyl groups excluding tert-OH is 1. The third-order valence-corrected chi connectivity index (χ3v) is 4.29. The summed E-state index contributed by atoms with van der Waals surface area (Å²) in [5.41, 5.74) is 2.08. The van der Waals surface area contributed by atoms with Crippen molar-refractivity contribution >= 4 is 11.6 Å². The zero-order valence-corrected chi connectivity index (χ0v) is 11.2. The zero-order valence-electron chi connectivity index (χ0n) is 10.5. The van der Waals surface area contributed by atoms with Crippen molar-refractivity contribution < 1.29 is 5.11 Å². The fraction of sp³-hybridized carbons (Fsp3) is 0.600. The minimum Gasteiger partial charge on any atom is -0.388 e. The lowest BCUT2D eigenvalue weighted by atomic mass is 9.89. The second-order valence-corrected chi connectivity index (χ2v) is 5.61. The molecule has 0 amide bonds. The molecule has 2 rings (SSSR count). The van der Waals surface area contributed by atoms with Gasteiger partial charge in [0.2, 0.25) is 0 Å². The average Bonchev–Trinajstić information content (AvgIpc) is 2.60. The number of aliphatic hydroxyl groups is 1. The summed E-state index contributed by atoms with van der Waals surface area (Å²) in [5, 5.41) is 11.2. The van der Waals surface area contributed by atoms with Gasteiger partial charge in [-0.1, -0.05) is 49.4 Å². The SMILES string of the molecule is Cc1cc(C(O)C2CCCCCC2)ccc1Cl. The van der Waals surface area contributed by atoms with Crippen molar-refractivity contribution in [2.75, 3.05) is 0 Å². The molecule has 0 radical (unpaired) electrons. The lowest BCUT2D eigenvalue weighted by molar-refractivity contribution is 0.0987. The van der Waals surface area contributed by atoms with E-state index in [1.807, 2.05) is 25.1 Å². The Bertz CT molecular complexity index is 367. The van der Waals surface area contributed by atoms with Crippen molar-refractivity contribution in [3.63, 3.8) is 0 Å². The number of halogens is 1. The van der Waals surface area contributed by atoms with E-state index in [-0.39, 0.29) is 6.10 Å². The molecule has 0 aromatic heterocycles. The molecule has 1 unspecified atom stereocenters. The summed E-state index contributed by atoms with van der Waals surface area (Å²) in [6.45, 7) is 1.99. The smallest absolute Gasteiger partial charge is 0.0818 e. The highest BCUT2D eigenvalue weighted by atomic mass is 35.5. The Morgan fingerprint density at radius 3 is 2.41 bits per heavy atom. The highest BCUT2D eigenvalue weighted by Gasteiger charge is 2.22. The van der Waals surface area contributed by atoms with Crippen LogP contribution in [0.4, 0.5) is 0 Å². The molecule has 1 aromatic rings. The van der Waals surface area contributed by atoms with Crippen LogP contribution in [-0.4, -0.2) is 5.11 Å². The number of hydrogen-bond donors (Lipinski definition) is 1. The summed E-state index contributed by atoms with van der Waals surface area (Å²) < 4.78 is 0. The molecule has 94 valence electrons. The Kier molecular flexibility index (Phi) is 4.47. The summed E-state index contributed by atoms with van der Waals surface area (Å²) in [6, 6.07) is 5.88. The average molecular weight is 253 g/mol. The maximum Gasteiger partial charge on any atom is 0.0818 e. The van der Waals surface area contributed by atoms with Gasteiger partial charge in [-0.3, -0.25) is 0 Å². The van der Waals surface area contributed by atoms with Gasteiger partial charge in [-0.25, -0.2) is 0 Å². The van der Waals surface area contributed by atoms with E-state index in [0.29, 0.717) is 5.92 Å². The van der Waals surface area contributed by atoms with Gasteiger partial charge in [-0.05, 0) is 42.9 Å². The molecule has 1 atom stereocenters. The first kappa shape index (κ1) is 12.9. The van der Waals surface area contributed by atoms with Crippen LogP contribution < -0.4 is 0 Å². The molecular formula is C15H21ClO. The lowest BCUT2D eigenvalue weighted by Crippen LogP contribution is -2.12. The van der Waals surface area contributed by atoms with Crippen LogP contribution in [0.15, 0.2) is 18.2 Å². The van der Waals surface area contributed by atoms with Crippen LogP contribution in [0.3, 0.4) is 0 Å². The number of rotatable bonds is 2. The molecule has 1 nitrogen and oxygen atoms in total. The lowest BCUT2D eigenvalue weighted by Gasteiger charge is -2.22. The Labute approximate surface area is 109 Å². The molecule has 1 N–H and O–H groups in total. The van der Waals surface area contributed by atoms with Crippen molar-refractivity contribution in [1.82, 2.24) is 0 Å². The molecule has 0 heterocycles. The predicted molar refractivity (Wildman–Crippen MR) is 72.3 cm³/mol. The largest absolute Gasteiger partial charge is 0.388 e. The second kappa shape index (κ2) is 5.88. The first-order valence-electron chi connectivity index (χ1n) is 6.62. The zero-order chi connectivity index (χ0) is 12.3. The van der Waals surface area contributed by atoms with Crippen molar-refractivity contribution in [2.24, 2.45) is 5.92 Å². The first-order valence-corrected chi connectivity index (χ1v) is 7.00. The van der Waals surface area contributed by atoms with Crippen LogP contribution in [0.5, 0.6) is 0 Å². The minimum atomic E-state index is -0.316. The van der Waals surface area contributed by atoms with Gasteiger partial charge >= 0.3 is 0 Å². The van der Waals surface area contributed by atoms with E-state index in [2.05, 4.69) is 0 Å². The van der Waals surface area contributed by atoms with Gasteiger partial charge in [-0.15, -0.1) is 0 Å². The van der Waals surface area contributed by atoms with Crippen molar-refractivity contribution in [3.05, 3.63) is 34.3 Å². The monoisotopic (exact) mass is 252 g/mol. The number of aryl methyl sites for hydroxylation is 1. The summed E-state index contributed by atoms with van der Waals surface area (Å²) in [7, 11) is 0. The van der Waals surface area contributed by atoms with Crippen LogP contribution in [0.1, 0.15) is 55.8 Å². The van der Waals surface area contributed by atoms with Crippen LogP contribution in [0.25, 0.3) is 0 Å². The van der Waals surface area contributed by atoms with E-state index in [1.54, 1.807) is 0 Å². The van der Waals surface area contributed by atoms with Crippen molar-refractivity contribution in [2.45, 2.75) is 51.6 Å². The number of benzene rings is 1. The molecule has 0 bridgehead atoms. The van der Waals surface area contributed by atoms with Gasteiger partial charge in [-0.2, -0.15) is 0 Å². The molecule has 0 aliphatic heterocycles. The fourth-order valence-electron chi connectivity index (χ4n) is 2.75. The minimum absolute atomic E-state index is 0.316. The van der Waals surface area contributed by atoms with E-state index in [1.165, 1.54) is 25.7 Å². The summed E-state index contributed by atoms with van der Waals surface area (Å²) >= 11 is 6.02. The maximum absolute atomic E-state index is 10.4. The highest BCUT2D eigenvalue weighted by Crippen LogP contribution is 2.34. The molecule has 2 heteroatoms. The maximum atomic E-state index is 10.4. The van der Waals surface area contributed by atoms with Gasteiger partial charge in [0.15, 0.2) is 0 Å². The summed E-state index contributed by atoms with van der Waals surface area (Å²) in [6.07, 6.45) is 7.16. The fourth-order valence-corrected chi connectivity index (χ4v) is 2.87. The van der Waals surface area contributed by atoms with Crippen molar-refractivity contribution in [3.8, 4) is 0 Å². The normalized spacial score (nSPS) is 19.9. The van der Waals surface area contributed by atoms with E-state index in [9.17, 15) is 5.11 Å².